The maximum absolute atomic E-state index is 12.9. The van der Waals surface area contributed by atoms with Crippen molar-refractivity contribution in [1.82, 2.24) is 5.32 Å². The molecule has 5 nitrogen and oxygen atoms in total. The third-order valence-electron chi connectivity index (χ3n) is 3.72. The lowest BCUT2D eigenvalue weighted by Crippen LogP contribution is -2.40. The van der Waals surface area contributed by atoms with Gasteiger partial charge in [0.25, 0.3) is 5.91 Å². The fraction of sp³-hybridized carbons (Fsp3) is 0.263. The normalized spacial score (nSPS) is 11.6. The second kappa shape index (κ2) is 8.94. The molecule has 0 spiro atoms. The first-order valence-corrected chi connectivity index (χ1v) is 8.18. The molecule has 0 radical (unpaired) electrons. The molecule has 25 heavy (non-hydrogen) atoms. The lowest BCUT2D eigenvalue weighted by atomic mass is 10.1. The van der Waals surface area contributed by atoms with Gasteiger partial charge in [0.05, 0.1) is 6.04 Å². The minimum absolute atomic E-state index is 0.181. The molecule has 1 atom stereocenters. The number of nitrogens with one attached hydrogen (secondary N) is 2. The second-order valence-electron chi connectivity index (χ2n) is 5.77. The first-order chi connectivity index (χ1) is 12.0. The zero-order valence-corrected chi connectivity index (χ0v) is 14.1. The summed E-state index contributed by atoms with van der Waals surface area (Å²) >= 11 is 0. The molecule has 2 aromatic carbocycles. The fourth-order valence-electron chi connectivity index (χ4n) is 2.27. The largest absolute Gasteiger partial charge is 0.351 e. The van der Waals surface area contributed by atoms with Crippen LogP contribution in [0.5, 0.6) is 0 Å². The Bertz CT molecular complexity index is 714. The van der Waals surface area contributed by atoms with Crippen molar-refractivity contribution in [2.75, 3.05) is 5.32 Å². The van der Waals surface area contributed by atoms with Crippen LogP contribution in [0, 0.1) is 5.82 Å². The van der Waals surface area contributed by atoms with Crippen LogP contribution in [0.4, 0.5) is 10.1 Å². The maximum atomic E-state index is 12.9. The first-order valence-electron chi connectivity index (χ1n) is 8.18. The van der Waals surface area contributed by atoms with Crippen LogP contribution < -0.4 is 16.4 Å². The van der Waals surface area contributed by atoms with Crippen molar-refractivity contribution in [3.63, 3.8) is 0 Å². The molecule has 0 aliphatic rings. The monoisotopic (exact) mass is 343 g/mol. The maximum Gasteiger partial charge on any atom is 0.255 e. The van der Waals surface area contributed by atoms with Crippen LogP contribution in [0.15, 0.2) is 48.5 Å². The predicted octanol–water partition coefficient (Wildman–Crippen LogP) is 2.82. The van der Waals surface area contributed by atoms with Crippen molar-refractivity contribution in [1.29, 1.82) is 0 Å². The van der Waals surface area contributed by atoms with Gasteiger partial charge in [-0.05, 0) is 48.4 Å². The summed E-state index contributed by atoms with van der Waals surface area (Å²) < 4.78 is 12.9. The SMILES string of the molecule is CCCC(N)C(=O)NCc1ccc(C(=O)Nc2ccc(F)cc2)cc1. The number of hydrogen-bond donors (Lipinski definition) is 3. The molecule has 0 aliphatic heterocycles. The van der Waals surface area contributed by atoms with E-state index in [9.17, 15) is 14.0 Å². The van der Waals surface area contributed by atoms with Gasteiger partial charge in [0.2, 0.25) is 5.91 Å². The molecule has 4 N–H and O–H groups in total. The van der Waals surface area contributed by atoms with E-state index in [1.807, 2.05) is 6.92 Å². The molecule has 0 saturated heterocycles. The third kappa shape index (κ3) is 5.69. The van der Waals surface area contributed by atoms with Crippen molar-refractivity contribution >= 4 is 17.5 Å². The lowest BCUT2D eigenvalue weighted by molar-refractivity contribution is -0.122. The molecule has 1 unspecified atom stereocenters. The zero-order valence-electron chi connectivity index (χ0n) is 14.1. The van der Waals surface area contributed by atoms with Gasteiger partial charge in [-0.1, -0.05) is 25.5 Å². The standard InChI is InChI=1S/C19H22FN3O2/c1-2-3-17(21)19(25)22-12-13-4-6-14(7-5-13)18(24)23-16-10-8-15(20)9-11-16/h4-11,17H,2-3,12,21H2,1H3,(H,22,25)(H,23,24). The Labute approximate surface area is 146 Å². The Balaban J connectivity index is 1.89. The second-order valence-corrected chi connectivity index (χ2v) is 5.77. The molecule has 2 aromatic rings. The fourth-order valence-corrected chi connectivity index (χ4v) is 2.27. The van der Waals surface area contributed by atoms with E-state index in [0.717, 1.165) is 12.0 Å². The number of rotatable bonds is 7. The highest BCUT2D eigenvalue weighted by Gasteiger charge is 2.11. The van der Waals surface area contributed by atoms with E-state index < -0.39 is 6.04 Å². The van der Waals surface area contributed by atoms with Crippen LogP contribution in [0.2, 0.25) is 0 Å². The van der Waals surface area contributed by atoms with Gasteiger partial charge in [-0.15, -0.1) is 0 Å². The van der Waals surface area contributed by atoms with E-state index in [0.29, 0.717) is 24.2 Å². The van der Waals surface area contributed by atoms with Crippen LogP contribution >= 0.6 is 0 Å². The Morgan fingerprint density at radius 3 is 2.32 bits per heavy atom. The van der Waals surface area contributed by atoms with Crippen molar-refractivity contribution in [2.45, 2.75) is 32.4 Å². The summed E-state index contributed by atoms with van der Waals surface area (Å²) in [6.45, 7) is 2.33. The van der Waals surface area contributed by atoms with Crippen LogP contribution in [-0.2, 0) is 11.3 Å². The molecule has 0 heterocycles. The van der Waals surface area contributed by atoms with E-state index >= 15 is 0 Å². The van der Waals surface area contributed by atoms with E-state index in [2.05, 4.69) is 10.6 Å². The Morgan fingerprint density at radius 2 is 1.72 bits per heavy atom. The molecule has 2 rings (SSSR count). The van der Waals surface area contributed by atoms with E-state index in [-0.39, 0.29) is 17.6 Å². The van der Waals surface area contributed by atoms with Crippen molar-refractivity contribution in [3.05, 3.63) is 65.5 Å². The van der Waals surface area contributed by atoms with Gasteiger partial charge in [0.15, 0.2) is 0 Å². The number of nitrogens with two attached hydrogens (primary N) is 1. The summed E-state index contributed by atoms with van der Waals surface area (Å²) in [6, 6.07) is 11.9. The molecule has 0 bridgehead atoms. The molecular formula is C19H22FN3O2. The molecule has 0 aliphatic carbocycles. The van der Waals surface area contributed by atoms with Crippen molar-refractivity contribution in [2.24, 2.45) is 5.73 Å². The van der Waals surface area contributed by atoms with Crippen LogP contribution in [0.1, 0.15) is 35.7 Å². The van der Waals surface area contributed by atoms with Gasteiger partial charge < -0.3 is 16.4 Å². The average Bonchev–Trinajstić information content (AvgIpc) is 2.62. The number of carbonyl (C=O) groups excluding carboxylic acids is 2. The molecule has 0 aromatic heterocycles. The summed E-state index contributed by atoms with van der Waals surface area (Å²) in [4.78, 5) is 23.9. The number of halogens is 1. The van der Waals surface area contributed by atoms with Gasteiger partial charge in [-0.3, -0.25) is 9.59 Å². The molecular weight excluding hydrogens is 321 g/mol. The summed E-state index contributed by atoms with van der Waals surface area (Å²) in [5.74, 6) is -0.824. The predicted molar refractivity (Wildman–Crippen MR) is 95.5 cm³/mol. The van der Waals surface area contributed by atoms with Gasteiger partial charge in [-0.2, -0.15) is 0 Å². The minimum atomic E-state index is -0.495. The van der Waals surface area contributed by atoms with Gasteiger partial charge in [0, 0.05) is 17.8 Å². The highest BCUT2D eigenvalue weighted by atomic mass is 19.1. The average molecular weight is 343 g/mol. The van der Waals surface area contributed by atoms with E-state index in [1.165, 1.54) is 24.3 Å². The smallest absolute Gasteiger partial charge is 0.255 e. The van der Waals surface area contributed by atoms with Gasteiger partial charge in [-0.25, -0.2) is 4.39 Å². The van der Waals surface area contributed by atoms with Crippen molar-refractivity contribution < 1.29 is 14.0 Å². The van der Waals surface area contributed by atoms with Crippen LogP contribution in [-0.4, -0.2) is 17.9 Å². The van der Waals surface area contributed by atoms with Crippen LogP contribution in [0.25, 0.3) is 0 Å². The number of hydrogen-bond acceptors (Lipinski definition) is 3. The van der Waals surface area contributed by atoms with Gasteiger partial charge in [0.1, 0.15) is 5.82 Å². The summed E-state index contributed by atoms with van der Waals surface area (Å²) in [5, 5.41) is 5.47. The zero-order chi connectivity index (χ0) is 18.2. The topological polar surface area (TPSA) is 84.2 Å². The molecule has 0 saturated carbocycles. The highest BCUT2D eigenvalue weighted by Crippen LogP contribution is 2.11. The molecule has 132 valence electrons. The molecule has 2 amide bonds. The molecule has 0 fully saturated rings. The lowest BCUT2D eigenvalue weighted by Gasteiger charge is -2.11. The number of benzene rings is 2. The first kappa shape index (κ1) is 18.6. The molecule has 6 heteroatoms. The minimum Gasteiger partial charge on any atom is -0.351 e. The van der Waals surface area contributed by atoms with Crippen LogP contribution in [0.3, 0.4) is 0 Å². The Hall–Kier alpha value is -2.73. The summed E-state index contributed by atoms with van der Waals surface area (Å²) in [6.07, 6.45) is 1.50. The number of amides is 2. The third-order valence-corrected chi connectivity index (χ3v) is 3.72. The highest BCUT2D eigenvalue weighted by molar-refractivity contribution is 6.04. The number of carbonyl (C=O) groups is 2. The van der Waals surface area contributed by atoms with Crippen molar-refractivity contribution in [3.8, 4) is 0 Å². The van der Waals surface area contributed by atoms with Gasteiger partial charge >= 0.3 is 0 Å². The number of anilines is 1. The summed E-state index contributed by atoms with van der Waals surface area (Å²) in [5.41, 5.74) is 7.62. The summed E-state index contributed by atoms with van der Waals surface area (Å²) in [7, 11) is 0. The Morgan fingerprint density at radius 1 is 1.08 bits per heavy atom. The van der Waals surface area contributed by atoms with E-state index in [4.69, 9.17) is 5.73 Å². The quantitative estimate of drug-likeness (QED) is 0.723. The Kier molecular flexibility index (Phi) is 6.65. The van der Waals surface area contributed by atoms with E-state index in [1.54, 1.807) is 24.3 Å².